The molecule has 2 saturated carbocycles. The van der Waals surface area contributed by atoms with Crippen molar-refractivity contribution >= 4 is 0 Å². The summed E-state index contributed by atoms with van der Waals surface area (Å²) in [5, 5.41) is 0. The summed E-state index contributed by atoms with van der Waals surface area (Å²) < 4.78 is 0. The predicted octanol–water partition coefficient (Wildman–Crippen LogP) is 2.77. The van der Waals surface area contributed by atoms with Crippen molar-refractivity contribution in [1.82, 2.24) is 4.90 Å². The molecule has 0 spiro atoms. The highest BCUT2D eigenvalue weighted by Gasteiger charge is 2.31. The normalized spacial score (nSPS) is 40.5. The van der Waals surface area contributed by atoms with Gasteiger partial charge in [-0.3, -0.25) is 0 Å². The first-order valence-electron chi connectivity index (χ1n) is 7.18. The summed E-state index contributed by atoms with van der Waals surface area (Å²) in [6, 6.07) is 2.17. The molecule has 0 aromatic carbocycles. The lowest BCUT2D eigenvalue weighted by Crippen LogP contribution is -2.43. The molecule has 2 aliphatic carbocycles. The highest BCUT2D eigenvalue weighted by atomic mass is 15.2. The lowest BCUT2D eigenvalue weighted by molar-refractivity contribution is 0.131. The number of nitrogens with two attached hydrogens (primary N) is 1. The summed E-state index contributed by atoms with van der Waals surface area (Å²) >= 11 is 0. The molecule has 2 heteroatoms. The Balaban J connectivity index is 1.81. The summed E-state index contributed by atoms with van der Waals surface area (Å²) in [4.78, 5) is 2.68. The van der Waals surface area contributed by atoms with Crippen molar-refractivity contribution in [2.45, 2.75) is 76.4 Å². The molecule has 2 nitrogen and oxygen atoms in total. The number of rotatable bonds is 3. The van der Waals surface area contributed by atoms with Crippen molar-refractivity contribution in [3.63, 3.8) is 0 Å². The van der Waals surface area contributed by atoms with Gasteiger partial charge in [-0.25, -0.2) is 0 Å². The van der Waals surface area contributed by atoms with E-state index in [4.69, 9.17) is 5.73 Å². The van der Waals surface area contributed by atoms with Crippen LogP contribution in [0.15, 0.2) is 0 Å². The smallest absolute Gasteiger partial charge is 0.00978 e. The van der Waals surface area contributed by atoms with Gasteiger partial charge in [0.25, 0.3) is 0 Å². The molecule has 0 aromatic heterocycles. The third-order valence-corrected chi connectivity index (χ3v) is 4.98. The molecule has 0 bridgehead atoms. The van der Waals surface area contributed by atoms with E-state index in [1.54, 1.807) is 0 Å². The molecule has 94 valence electrons. The first kappa shape index (κ1) is 12.4. The van der Waals surface area contributed by atoms with Gasteiger partial charge < -0.3 is 10.6 Å². The zero-order valence-electron chi connectivity index (χ0n) is 11.0. The Kier molecular flexibility index (Phi) is 4.26. The van der Waals surface area contributed by atoms with Crippen molar-refractivity contribution in [2.24, 2.45) is 11.7 Å². The van der Waals surface area contributed by atoms with Crippen LogP contribution in [0.4, 0.5) is 0 Å². The highest BCUT2D eigenvalue weighted by molar-refractivity contribution is 4.87. The molecule has 2 unspecified atom stereocenters. The highest BCUT2D eigenvalue weighted by Crippen LogP contribution is 2.33. The molecule has 0 heterocycles. The van der Waals surface area contributed by atoms with Gasteiger partial charge in [-0.05, 0) is 57.9 Å². The molecule has 0 saturated heterocycles. The number of hydrogen-bond donors (Lipinski definition) is 1. The minimum absolute atomic E-state index is 0.483. The number of hydrogen-bond acceptors (Lipinski definition) is 2. The van der Waals surface area contributed by atoms with E-state index in [1.165, 1.54) is 51.4 Å². The third kappa shape index (κ3) is 2.78. The standard InChI is InChI=1S/C14H28N2/c1-3-11-4-7-14(10-11)16(2)13-8-5-12(15)6-9-13/h11-14H,3-10,15H2,1-2H3. The van der Waals surface area contributed by atoms with Crippen molar-refractivity contribution in [1.29, 1.82) is 0 Å². The van der Waals surface area contributed by atoms with E-state index in [9.17, 15) is 0 Å². The average molecular weight is 224 g/mol. The van der Waals surface area contributed by atoms with E-state index >= 15 is 0 Å². The van der Waals surface area contributed by atoms with Crippen LogP contribution in [0.2, 0.25) is 0 Å². The summed E-state index contributed by atoms with van der Waals surface area (Å²) in [5.41, 5.74) is 5.98. The molecule has 0 amide bonds. The monoisotopic (exact) mass is 224 g/mol. The van der Waals surface area contributed by atoms with Crippen LogP contribution in [0.1, 0.15) is 58.3 Å². The zero-order valence-corrected chi connectivity index (χ0v) is 11.0. The lowest BCUT2D eigenvalue weighted by Gasteiger charge is -2.37. The second-order valence-electron chi connectivity index (χ2n) is 5.98. The Morgan fingerprint density at radius 1 is 1.00 bits per heavy atom. The topological polar surface area (TPSA) is 29.3 Å². The molecule has 2 aliphatic rings. The van der Waals surface area contributed by atoms with E-state index in [-0.39, 0.29) is 0 Å². The quantitative estimate of drug-likeness (QED) is 0.798. The van der Waals surface area contributed by atoms with Crippen LogP contribution in [-0.2, 0) is 0 Å². The van der Waals surface area contributed by atoms with Crippen LogP contribution in [0.25, 0.3) is 0 Å². The van der Waals surface area contributed by atoms with Crippen LogP contribution in [0.3, 0.4) is 0 Å². The Bertz CT molecular complexity index is 207. The second kappa shape index (κ2) is 5.50. The number of nitrogens with zero attached hydrogens (tertiary/aromatic N) is 1. The van der Waals surface area contributed by atoms with Gasteiger partial charge in [0, 0.05) is 18.1 Å². The van der Waals surface area contributed by atoms with Crippen molar-refractivity contribution in [2.75, 3.05) is 7.05 Å². The van der Waals surface area contributed by atoms with E-state index in [1.807, 2.05) is 0 Å². The minimum atomic E-state index is 0.483. The van der Waals surface area contributed by atoms with Crippen LogP contribution < -0.4 is 5.73 Å². The SMILES string of the molecule is CCC1CCC(N(C)C2CCC(N)CC2)C1. The summed E-state index contributed by atoms with van der Waals surface area (Å²) in [5.74, 6) is 0.998. The third-order valence-electron chi connectivity index (χ3n) is 4.98. The fraction of sp³-hybridized carbons (Fsp3) is 1.00. The molecule has 2 atom stereocenters. The van der Waals surface area contributed by atoms with Crippen molar-refractivity contribution in [3.8, 4) is 0 Å². The van der Waals surface area contributed by atoms with E-state index in [0.29, 0.717) is 6.04 Å². The zero-order chi connectivity index (χ0) is 11.5. The van der Waals surface area contributed by atoms with Crippen molar-refractivity contribution in [3.05, 3.63) is 0 Å². The van der Waals surface area contributed by atoms with Gasteiger partial charge in [0.05, 0.1) is 0 Å². The molecule has 0 radical (unpaired) electrons. The van der Waals surface area contributed by atoms with Crippen LogP contribution in [0, 0.1) is 5.92 Å². The summed E-state index contributed by atoms with van der Waals surface area (Å²) in [6.45, 7) is 2.34. The second-order valence-corrected chi connectivity index (χ2v) is 5.98. The first-order chi connectivity index (χ1) is 7.70. The molecule has 16 heavy (non-hydrogen) atoms. The van der Waals surface area contributed by atoms with E-state index < -0.39 is 0 Å². The molecule has 0 aromatic rings. The van der Waals surface area contributed by atoms with Gasteiger partial charge in [-0.2, -0.15) is 0 Å². The molecule has 0 aliphatic heterocycles. The predicted molar refractivity (Wildman–Crippen MR) is 69.4 cm³/mol. The minimum Gasteiger partial charge on any atom is -0.328 e. The van der Waals surface area contributed by atoms with Gasteiger partial charge in [0.2, 0.25) is 0 Å². The fourth-order valence-corrected chi connectivity index (χ4v) is 3.60. The molecular formula is C14H28N2. The Hall–Kier alpha value is -0.0800. The molecule has 2 rings (SSSR count). The lowest BCUT2D eigenvalue weighted by atomic mass is 9.90. The maximum atomic E-state index is 5.98. The largest absolute Gasteiger partial charge is 0.328 e. The maximum Gasteiger partial charge on any atom is 0.00978 e. The van der Waals surface area contributed by atoms with Gasteiger partial charge in [-0.15, -0.1) is 0 Å². The Labute approximate surface area is 101 Å². The fourth-order valence-electron chi connectivity index (χ4n) is 3.60. The van der Waals surface area contributed by atoms with Crippen LogP contribution >= 0.6 is 0 Å². The van der Waals surface area contributed by atoms with E-state index in [0.717, 1.165) is 18.0 Å². The summed E-state index contributed by atoms with van der Waals surface area (Å²) in [7, 11) is 2.35. The van der Waals surface area contributed by atoms with Gasteiger partial charge in [0.15, 0.2) is 0 Å². The maximum absolute atomic E-state index is 5.98. The van der Waals surface area contributed by atoms with E-state index in [2.05, 4.69) is 18.9 Å². The van der Waals surface area contributed by atoms with Gasteiger partial charge in [-0.1, -0.05) is 13.3 Å². The molecule has 2 N–H and O–H groups in total. The Morgan fingerprint density at radius 3 is 2.19 bits per heavy atom. The van der Waals surface area contributed by atoms with Gasteiger partial charge in [0.1, 0.15) is 0 Å². The average Bonchev–Trinajstić information content (AvgIpc) is 2.77. The Morgan fingerprint density at radius 2 is 1.62 bits per heavy atom. The van der Waals surface area contributed by atoms with Crippen LogP contribution in [-0.4, -0.2) is 30.1 Å². The van der Waals surface area contributed by atoms with Crippen molar-refractivity contribution < 1.29 is 0 Å². The van der Waals surface area contributed by atoms with Gasteiger partial charge >= 0.3 is 0 Å². The van der Waals surface area contributed by atoms with Crippen LogP contribution in [0.5, 0.6) is 0 Å². The summed E-state index contributed by atoms with van der Waals surface area (Å²) in [6.07, 6.45) is 10.8. The molecular weight excluding hydrogens is 196 g/mol. The molecule has 2 fully saturated rings. The first-order valence-corrected chi connectivity index (χ1v) is 7.18.